The predicted molar refractivity (Wildman–Crippen MR) is 81.3 cm³/mol. The fraction of sp³-hybridized carbons (Fsp3) is 0.895. The third-order valence-electron chi connectivity index (χ3n) is 8.60. The molecule has 3 heteroatoms. The van der Waals surface area contributed by atoms with Crippen LogP contribution < -0.4 is 0 Å². The lowest BCUT2D eigenvalue weighted by atomic mass is 9.40. The smallest absolute Gasteiger partial charge is 0.139 e. The quantitative estimate of drug-likeness (QED) is 0.689. The van der Waals surface area contributed by atoms with E-state index in [1.807, 2.05) is 0 Å². The van der Waals surface area contributed by atoms with Gasteiger partial charge in [0.15, 0.2) is 0 Å². The summed E-state index contributed by atoms with van der Waals surface area (Å²) in [6.45, 7) is 3.10. The van der Waals surface area contributed by atoms with Gasteiger partial charge in [0.1, 0.15) is 11.6 Å². The molecule has 5 fully saturated rings. The Balaban J connectivity index is 1.55. The van der Waals surface area contributed by atoms with Gasteiger partial charge in [-0.2, -0.15) is 0 Å². The zero-order chi connectivity index (χ0) is 15.2. The first-order chi connectivity index (χ1) is 10.5. The maximum absolute atomic E-state index is 12.4. The van der Waals surface area contributed by atoms with Gasteiger partial charge in [-0.1, -0.05) is 6.92 Å². The normalized spacial score (nSPS) is 56.5. The second-order valence-corrected chi connectivity index (χ2v) is 8.94. The summed E-state index contributed by atoms with van der Waals surface area (Å²) < 4.78 is 6.39. The minimum Gasteiger partial charge on any atom is -0.373 e. The minimum atomic E-state index is -0.0760. The average Bonchev–Trinajstić information content (AvgIpc) is 2.79. The number of rotatable bonds is 0. The monoisotopic (exact) mass is 302 g/mol. The van der Waals surface area contributed by atoms with E-state index in [4.69, 9.17) is 4.74 Å². The van der Waals surface area contributed by atoms with Crippen molar-refractivity contribution in [3.05, 3.63) is 0 Å². The molecule has 5 rings (SSSR count). The predicted octanol–water partition coefficient (Wildman–Crippen LogP) is 3.30. The van der Waals surface area contributed by atoms with Crippen molar-refractivity contribution in [2.45, 2.75) is 70.3 Å². The number of ether oxygens (including phenoxy) is 1. The van der Waals surface area contributed by atoms with Gasteiger partial charge in [-0.25, -0.2) is 0 Å². The Morgan fingerprint density at radius 2 is 1.86 bits per heavy atom. The van der Waals surface area contributed by atoms with Crippen LogP contribution in [0.25, 0.3) is 0 Å². The van der Waals surface area contributed by atoms with Gasteiger partial charge in [-0.05, 0) is 56.3 Å². The average molecular weight is 302 g/mol. The van der Waals surface area contributed by atoms with Crippen molar-refractivity contribution in [1.29, 1.82) is 0 Å². The Bertz CT molecular complexity index is 569. The fourth-order valence-corrected chi connectivity index (χ4v) is 7.34. The van der Waals surface area contributed by atoms with E-state index in [1.54, 1.807) is 0 Å². The zero-order valence-corrected chi connectivity index (χ0v) is 13.5. The molecule has 1 saturated heterocycles. The SMILES string of the molecule is C[C@]12CC[C@]34OC[C@@]35CCC(=O)C[C@@H]5CC[C@H]4[C@@H]1CCC2=O. The molecule has 0 bridgehead atoms. The molecule has 4 aliphatic carbocycles. The van der Waals surface area contributed by atoms with Gasteiger partial charge < -0.3 is 4.74 Å². The molecule has 1 heterocycles. The maximum atomic E-state index is 12.4. The second-order valence-electron chi connectivity index (χ2n) is 8.94. The van der Waals surface area contributed by atoms with E-state index >= 15 is 0 Å². The first-order valence-electron chi connectivity index (χ1n) is 9.21. The molecule has 3 nitrogen and oxygen atoms in total. The van der Waals surface area contributed by atoms with Crippen LogP contribution in [0.1, 0.15) is 64.7 Å². The van der Waals surface area contributed by atoms with Gasteiger partial charge in [0.2, 0.25) is 0 Å². The molecular formula is C19H26O3. The van der Waals surface area contributed by atoms with Crippen molar-refractivity contribution in [3.63, 3.8) is 0 Å². The summed E-state index contributed by atoms with van der Waals surface area (Å²) in [4.78, 5) is 24.4. The summed E-state index contributed by atoms with van der Waals surface area (Å²) in [5, 5.41) is 0. The first kappa shape index (κ1) is 13.7. The van der Waals surface area contributed by atoms with E-state index in [-0.39, 0.29) is 16.4 Å². The highest BCUT2D eigenvalue weighted by molar-refractivity contribution is 5.87. The van der Waals surface area contributed by atoms with Crippen molar-refractivity contribution in [2.75, 3.05) is 6.61 Å². The van der Waals surface area contributed by atoms with Gasteiger partial charge >= 0.3 is 0 Å². The number of carbonyl (C=O) groups is 2. The van der Waals surface area contributed by atoms with Gasteiger partial charge in [-0.15, -0.1) is 0 Å². The lowest BCUT2D eigenvalue weighted by molar-refractivity contribution is -0.358. The Kier molecular flexibility index (Phi) is 2.51. The number of carbonyl (C=O) groups excluding carboxylic acids is 2. The molecule has 0 N–H and O–H groups in total. The van der Waals surface area contributed by atoms with E-state index in [0.717, 1.165) is 51.6 Å². The molecule has 0 aromatic heterocycles. The van der Waals surface area contributed by atoms with Crippen LogP contribution in [-0.4, -0.2) is 23.8 Å². The third-order valence-corrected chi connectivity index (χ3v) is 8.60. The van der Waals surface area contributed by atoms with Crippen molar-refractivity contribution < 1.29 is 14.3 Å². The summed E-state index contributed by atoms with van der Waals surface area (Å²) in [5.74, 6) is 2.62. The topological polar surface area (TPSA) is 43.4 Å². The maximum Gasteiger partial charge on any atom is 0.139 e. The van der Waals surface area contributed by atoms with Crippen molar-refractivity contribution in [2.24, 2.45) is 28.6 Å². The van der Waals surface area contributed by atoms with Crippen LogP contribution in [0.2, 0.25) is 0 Å². The highest BCUT2D eigenvalue weighted by Gasteiger charge is 2.74. The number of ketones is 2. The van der Waals surface area contributed by atoms with E-state index in [9.17, 15) is 9.59 Å². The van der Waals surface area contributed by atoms with Gasteiger partial charge in [0.05, 0.1) is 12.2 Å². The molecule has 5 aliphatic rings. The number of Topliss-reactive ketones (excluding diaryl/α,β-unsaturated/α-hetero) is 2. The van der Waals surface area contributed by atoms with Gasteiger partial charge in [0.25, 0.3) is 0 Å². The first-order valence-corrected chi connectivity index (χ1v) is 9.21. The molecule has 6 atom stereocenters. The van der Waals surface area contributed by atoms with Crippen LogP contribution >= 0.6 is 0 Å². The van der Waals surface area contributed by atoms with Gasteiger partial charge in [0, 0.05) is 30.1 Å². The molecular weight excluding hydrogens is 276 g/mol. The number of hydrogen-bond donors (Lipinski definition) is 0. The van der Waals surface area contributed by atoms with E-state index < -0.39 is 0 Å². The summed E-state index contributed by atoms with van der Waals surface area (Å²) in [6.07, 6.45) is 8.87. The molecule has 0 aromatic rings. The Labute approximate surface area is 132 Å². The summed E-state index contributed by atoms with van der Waals surface area (Å²) >= 11 is 0. The Morgan fingerprint density at radius 1 is 1.00 bits per heavy atom. The molecule has 2 spiro atoms. The Hall–Kier alpha value is -0.700. The zero-order valence-electron chi connectivity index (χ0n) is 13.5. The second kappa shape index (κ2) is 4.03. The molecule has 0 amide bonds. The van der Waals surface area contributed by atoms with Crippen LogP contribution in [-0.2, 0) is 14.3 Å². The van der Waals surface area contributed by atoms with Crippen molar-refractivity contribution >= 4 is 11.6 Å². The highest BCUT2D eigenvalue weighted by Crippen LogP contribution is 2.72. The van der Waals surface area contributed by atoms with Crippen molar-refractivity contribution in [3.8, 4) is 0 Å². The number of fused-ring (bicyclic) bond motifs is 2. The third kappa shape index (κ3) is 1.31. The molecule has 4 saturated carbocycles. The molecule has 0 aromatic carbocycles. The molecule has 0 unspecified atom stereocenters. The minimum absolute atomic E-state index is 0.0193. The Morgan fingerprint density at radius 3 is 2.64 bits per heavy atom. The standard InChI is InChI=1S/C19H26O3/c1-17-8-9-19-15(14(17)4-5-16(17)21)3-2-12-10-13(20)6-7-18(12,19)11-22-19/h12,14-15H,2-11H2,1H3/t12-,14-,15-,17-,18+,19+/m0/s1. The molecule has 120 valence electrons. The van der Waals surface area contributed by atoms with Crippen LogP contribution in [0.5, 0.6) is 0 Å². The lowest BCUT2D eigenvalue weighted by Gasteiger charge is -2.72. The van der Waals surface area contributed by atoms with Crippen LogP contribution in [0.15, 0.2) is 0 Å². The van der Waals surface area contributed by atoms with Crippen molar-refractivity contribution in [1.82, 2.24) is 0 Å². The van der Waals surface area contributed by atoms with E-state index in [1.165, 1.54) is 12.8 Å². The molecule has 0 radical (unpaired) electrons. The summed E-state index contributed by atoms with van der Waals surface area (Å²) in [7, 11) is 0. The molecule has 22 heavy (non-hydrogen) atoms. The van der Waals surface area contributed by atoms with Crippen LogP contribution in [0, 0.1) is 28.6 Å². The van der Waals surface area contributed by atoms with Crippen LogP contribution in [0.4, 0.5) is 0 Å². The lowest BCUT2D eigenvalue weighted by Crippen LogP contribution is -2.75. The number of hydrogen-bond acceptors (Lipinski definition) is 3. The van der Waals surface area contributed by atoms with Gasteiger partial charge in [-0.3, -0.25) is 9.59 Å². The van der Waals surface area contributed by atoms with E-state index in [0.29, 0.717) is 29.3 Å². The molecule has 1 aliphatic heterocycles. The summed E-state index contributed by atoms with van der Waals surface area (Å²) in [6, 6.07) is 0. The highest BCUT2D eigenvalue weighted by atomic mass is 16.5. The van der Waals surface area contributed by atoms with Crippen LogP contribution in [0.3, 0.4) is 0 Å². The fourth-order valence-electron chi connectivity index (χ4n) is 7.34. The van der Waals surface area contributed by atoms with E-state index in [2.05, 4.69) is 6.92 Å². The largest absolute Gasteiger partial charge is 0.373 e. The summed E-state index contributed by atoms with van der Waals surface area (Å²) in [5.41, 5.74) is 0.218.